The second-order valence-electron chi connectivity index (χ2n) is 5.88. The molecule has 9 heteroatoms. The molecule has 0 unspecified atom stereocenters. The number of halogens is 3. The number of methoxy groups -OCH3 is 1. The Balaban J connectivity index is 2.16. The van der Waals surface area contributed by atoms with Gasteiger partial charge in [-0.1, -0.05) is 29.8 Å². The maximum Gasteiger partial charge on any atom is 0.422 e. The summed E-state index contributed by atoms with van der Waals surface area (Å²) in [7, 11) is 1.26. The Morgan fingerprint density at radius 1 is 1.11 bits per heavy atom. The van der Waals surface area contributed by atoms with E-state index in [1.54, 1.807) is 0 Å². The van der Waals surface area contributed by atoms with E-state index in [2.05, 4.69) is 10.1 Å². The van der Waals surface area contributed by atoms with Crippen LogP contribution in [-0.2, 0) is 13.1 Å². The average molecular weight is 384 g/mol. The Morgan fingerprint density at radius 3 is 2.33 bits per heavy atom. The van der Waals surface area contributed by atoms with Gasteiger partial charge in [-0.05, 0) is 18.6 Å². The van der Waals surface area contributed by atoms with E-state index >= 15 is 0 Å². The van der Waals surface area contributed by atoms with Crippen molar-refractivity contribution in [1.29, 1.82) is 0 Å². The van der Waals surface area contributed by atoms with Gasteiger partial charge in [-0.15, -0.1) is 0 Å². The lowest BCUT2D eigenvalue weighted by molar-refractivity contribution is -0.385. The van der Waals surface area contributed by atoms with Crippen LogP contribution < -0.4 is 14.8 Å². The summed E-state index contributed by atoms with van der Waals surface area (Å²) in [5.41, 5.74) is 2.06. The number of hydrogen-bond donors (Lipinski definition) is 1. The van der Waals surface area contributed by atoms with Gasteiger partial charge in [-0.3, -0.25) is 10.1 Å². The summed E-state index contributed by atoms with van der Waals surface area (Å²) >= 11 is 0. The minimum absolute atomic E-state index is 0.00279. The van der Waals surface area contributed by atoms with E-state index in [1.165, 1.54) is 13.2 Å². The zero-order chi connectivity index (χ0) is 20.0. The van der Waals surface area contributed by atoms with Gasteiger partial charge in [0.05, 0.1) is 18.1 Å². The lowest BCUT2D eigenvalue weighted by Crippen LogP contribution is -2.20. The van der Waals surface area contributed by atoms with E-state index in [4.69, 9.17) is 4.74 Å². The summed E-state index contributed by atoms with van der Waals surface area (Å²) < 4.78 is 46.7. The molecule has 0 aliphatic rings. The molecular weight excluding hydrogens is 365 g/mol. The van der Waals surface area contributed by atoms with Crippen LogP contribution >= 0.6 is 0 Å². The van der Waals surface area contributed by atoms with Gasteiger partial charge < -0.3 is 14.8 Å². The molecule has 0 radical (unpaired) electrons. The highest BCUT2D eigenvalue weighted by atomic mass is 19.4. The molecule has 0 aromatic heterocycles. The molecule has 0 fully saturated rings. The molecule has 0 saturated heterocycles. The number of rotatable bonds is 8. The highest BCUT2D eigenvalue weighted by Crippen LogP contribution is 2.35. The minimum Gasteiger partial charge on any atom is -0.493 e. The van der Waals surface area contributed by atoms with Gasteiger partial charge >= 0.3 is 6.18 Å². The highest BCUT2D eigenvalue weighted by molar-refractivity contribution is 5.54. The van der Waals surface area contributed by atoms with E-state index in [-0.39, 0.29) is 29.3 Å². The normalized spacial score (nSPS) is 11.3. The first-order chi connectivity index (χ1) is 12.7. The van der Waals surface area contributed by atoms with E-state index < -0.39 is 17.7 Å². The van der Waals surface area contributed by atoms with E-state index in [9.17, 15) is 23.3 Å². The molecule has 0 aliphatic carbocycles. The summed E-state index contributed by atoms with van der Waals surface area (Å²) in [6, 6.07) is 10.0. The molecule has 2 aromatic carbocycles. The zero-order valence-corrected chi connectivity index (χ0v) is 14.8. The van der Waals surface area contributed by atoms with Crippen molar-refractivity contribution >= 4 is 5.69 Å². The molecule has 0 amide bonds. The third-order valence-electron chi connectivity index (χ3n) is 3.72. The number of alkyl halides is 3. The standard InChI is InChI=1S/C18H19F3N2O4/c1-12-3-5-13(6-4-12)9-22-10-14-7-16(26-2)17(8-15(14)23(24)25)27-11-18(19,20)21/h3-8,22H,9-11H2,1-2H3. The first kappa shape index (κ1) is 20.5. The Labute approximate surface area is 154 Å². The predicted molar refractivity (Wildman–Crippen MR) is 92.9 cm³/mol. The number of nitrogens with one attached hydrogen (secondary N) is 1. The molecule has 2 rings (SSSR count). The Bertz CT molecular complexity index is 792. The molecule has 0 heterocycles. The van der Waals surface area contributed by atoms with Crippen molar-refractivity contribution in [2.45, 2.75) is 26.2 Å². The van der Waals surface area contributed by atoms with Crippen molar-refractivity contribution in [3.63, 3.8) is 0 Å². The Kier molecular flexibility index (Phi) is 6.62. The van der Waals surface area contributed by atoms with E-state index in [1.807, 2.05) is 31.2 Å². The molecule has 0 bridgehead atoms. The average Bonchev–Trinajstić information content (AvgIpc) is 2.60. The summed E-state index contributed by atoms with van der Waals surface area (Å²) in [6.07, 6.45) is -4.56. The summed E-state index contributed by atoms with van der Waals surface area (Å²) in [4.78, 5) is 10.6. The number of hydrogen-bond acceptors (Lipinski definition) is 5. The zero-order valence-electron chi connectivity index (χ0n) is 14.8. The first-order valence-electron chi connectivity index (χ1n) is 8.00. The van der Waals surface area contributed by atoms with Crippen LogP contribution in [0.25, 0.3) is 0 Å². The van der Waals surface area contributed by atoms with Crippen LogP contribution in [0, 0.1) is 17.0 Å². The summed E-state index contributed by atoms with van der Waals surface area (Å²) in [5.74, 6) is -0.333. The maximum absolute atomic E-state index is 12.4. The molecule has 2 aromatic rings. The smallest absolute Gasteiger partial charge is 0.422 e. The Hall–Kier alpha value is -2.81. The number of aryl methyl sites for hydroxylation is 1. The SMILES string of the molecule is COc1cc(CNCc2ccc(C)cc2)c([N+](=O)[O-])cc1OCC(F)(F)F. The maximum atomic E-state index is 12.4. The van der Waals surface area contributed by atoms with E-state index in [0.29, 0.717) is 6.54 Å². The number of ether oxygens (including phenoxy) is 2. The molecule has 0 atom stereocenters. The van der Waals surface area contributed by atoms with Crippen LogP contribution in [0.4, 0.5) is 18.9 Å². The van der Waals surface area contributed by atoms with Gasteiger partial charge in [0.1, 0.15) is 0 Å². The van der Waals surface area contributed by atoms with E-state index in [0.717, 1.165) is 17.2 Å². The second kappa shape index (κ2) is 8.72. The topological polar surface area (TPSA) is 73.6 Å². The van der Waals surface area contributed by atoms with Gasteiger partial charge in [0.25, 0.3) is 5.69 Å². The van der Waals surface area contributed by atoms with Crippen molar-refractivity contribution in [3.05, 3.63) is 63.2 Å². The van der Waals surface area contributed by atoms with Gasteiger partial charge in [0, 0.05) is 18.7 Å². The third kappa shape index (κ3) is 6.14. The first-order valence-corrected chi connectivity index (χ1v) is 8.00. The number of nitro groups is 1. The Morgan fingerprint density at radius 2 is 1.78 bits per heavy atom. The third-order valence-corrected chi connectivity index (χ3v) is 3.72. The van der Waals surface area contributed by atoms with Crippen LogP contribution in [0.1, 0.15) is 16.7 Å². The van der Waals surface area contributed by atoms with Gasteiger partial charge in [0.15, 0.2) is 18.1 Å². The van der Waals surface area contributed by atoms with Crippen LogP contribution in [0.15, 0.2) is 36.4 Å². The second-order valence-corrected chi connectivity index (χ2v) is 5.88. The van der Waals surface area contributed by atoms with Crippen LogP contribution in [-0.4, -0.2) is 24.8 Å². The fraction of sp³-hybridized carbons (Fsp3) is 0.333. The molecule has 1 N–H and O–H groups in total. The van der Waals surface area contributed by atoms with Crippen LogP contribution in [0.3, 0.4) is 0 Å². The van der Waals surface area contributed by atoms with Crippen LogP contribution in [0.5, 0.6) is 11.5 Å². The number of nitrogens with zero attached hydrogens (tertiary/aromatic N) is 1. The van der Waals surface area contributed by atoms with Crippen molar-refractivity contribution in [1.82, 2.24) is 5.32 Å². The number of benzene rings is 2. The van der Waals surface area contributed by atoms with Gasteiger partial charge in [0.2, 0.25) is 0 Å². The van der Waals surface area contributed by atoms with Crippen LogP contribution in [0.2, 0.25) is 0 Å². The van der Waals surface area contributed by atoms with Crippen molar-refractivity contribution < 1.29 is 27.6 Å². The molecule has 146 valence electrons. The quantitative estimate of drug-likeness (QED) is 0.547. The van der Waals surface area contributed by atoms with Crippen molar-refractivity contribution in [3.8, 4) is 11.5 Å². The molecule has 0 saturated carbocycles. The fourth-order valence-corrected chi connectivity index (χ4v) is 2.38. The summed E-state index contributed by atoms with van der Waals surface area (Å²) in [6.45, 7) is 1.02. The van der Waals surface area contributed by atoms with Crippen molar-refractivity contribution in [2.75, 3.05) is 13.7 Å². The minimum atomic E-state index is -4.56. The molecule has 6 nitrogen and oxygen atoms in total. The highest BCUT2D eigenvalue weighted by Gasteiger charge is 2.30. The molecular formula is C18H19F3N2O4. The fourth-order valence-electron chi connectivity index (χ4n) is 2.38. The van der Waals surface area contributed by atoms with Gasteiger partial charge in [-0.2, -0.15) is 13.2 Å². The van der Waals surface area contributed by atoms with Gasteiger partial charge in [-0.25, -0.2) is 0 Å². The molecule has 27 heavy (non-hydrogen) atoms. The monoisotopic (exact) mass is 384 g/mol. The largest absolute Gasteiger partial charge is 0.493 e. The molecule has 0 spiro atoms. The van der Waals surface area contributed by atoms with Crippen molar-refractivity contribution in [2.24, 2.45) is 0 Å². The summed E-state index contributed by atoms with van der Waals surface area (Å²) in [5, 5.41) is 14.4. The lowest BCUT2D eigenvalue weighted by atomic mass is 10.1. The molecule has 0 aliphatic heterocycles. The predicted octanol–water partition coefficient (Wildman–Crippen LogP) is 4.14. The number of nitro benzene ring substituents is 1. The lowest BCUT2D eigenvalue weighted by Gasteiger charge is -2.14.